The van der Waals surface area contributed by atoms with Crippen LogP contribution >= 0.6 is 0 Å². The topological polar surface area (TPSA) is 3.24 Å². The molecule has 96 valence electrons. The van der Waals surface area contributed by atoms with Crippen molar-refractivity contribution in [3.63, 3.8) is 0 Å². The molecule has 1 nitrogen and oxygen atoms in total. The summed E-state index contributed by atoms with van der Waals surface area (Å²) < 4.78 is 2.85. The van der Waals surface area contributed by atoms with Crippen molar-refractivity contribution in [1.82, 2.24) is 4.57 Å². The normalized spacial score (nSPS) is 21.4. The van der Waals surface area contributed by atoms with E-state index in [2.05, 4.69) is 45.4 Å². The van der Waals surface area contributed by atoms with Crippen molar-refractivity contribution in [3.05, 3.63) is 0 Å². The Balaban J connectivity index is 2.53. The molecule has 1 aliphatic heterocycles. The van der Waals surface area contributed by atoms with Crippen LogP contribution in [0.5, 0.6) is 0 Å². The molecule has 0 aromatic carbocycles. The molecular weight excluding hydrogens is 210 g/mol. The highest BCUT2D eigenvalue weighted by atomic mass is 28.3. The summed E-state index contributed by atoms with van der Waals surface area (Å²) in [7, 11) is -1.22. The number of hydrogen-bond acceptors (Lipinski definition) is 1. The van der Waals surface area contributed by atoms with Gasteiger partial charge in [0.1, 0.15) is 8.24 Å². The lowest BCUT2D eigenvalue weighted by Gasteiger charge is -2.48. The van der Waals surface area contributed by atoms with Gasteiger partial charge in [0.05, 0.1) is 0 Å². The van der Waals surface area contributed by atoms with Gasteiger partial charge < -0.3 is 4.57 Å². The number of hydrogen-bond donors (Lipinski definition) is 0. The molecule has 0 atom stereocenters. The predicted molar refractivity (Wildman–Crippen MR) is 76.4 cm³/mol. The van der Waals surface area contributed by atoms with Gasteiger partial charge in [-0.25, -0.2) is 0 Å². The minimum atomic E-state index is -1.22. The van der Waals surface area contributed by atoms with Gasteiger partial charge in [-0.05, 0) is 36.9 Å². The fourth-order valence-electron chi connectivity index (χ4n) is 2.66. The zero-order chi connectivity index (χ0) is 12.4. The standard InChI is InChI=1S/C14H31NSi/c1-7-8-13-9-11-15(12-10-13)16(5,6)14(2,3)4/h13H,7-12H2,1-6H3. The molecule has 2 heteroatoms. The number of piperidine rings is 1. The number of nitrogens with zero attached hydrogens (tertiary/aromatic N) is 1. The molecule has 0 aromatic heterocycles. The smallest absolute Gasteiger partial charge is 0.127 e. The summed E-state index contributed by atoms with van der Waals surface area (Å²) in [4.78, 5) is 0. The zero-order valence-corrected chi connectivity index (χ0v) is 13.3. The van der Waals surface area contributed by atoms with Crippen molar-refractivity contribution in [2.24, 2.45) is 5.92 Å². The summed E-state index contributed by atoms with van der Waals surface area (Å²) in [5.41, 5.74) is 0. The van der Waals surface area contributed by atoms with Crippen LogP contribution in [0.15, 0.2) is 0 Å². The summed E-state index contributed by atoms with van der Waals surface area (Å²) in [5.74, 6) is 1.02. The average Bonchev–Trinajstić information content (AvgIpc) is 2.17. The van der Waals surface area contributed by atoms with Crippen LogP contribution in [0.25, 0.3) is 0 Å². The first-order valence-corrected chi connectivity index (χ1v) is 9.99. The molecule has 0 bridgehead atoms. The van der Waals surface area contributed by atoms with Crippen molar-refractivity contribution in [1.29, 1.82) is 0 Å². The Labute approximate surface area is 104 Å². The van der Waals surface area contributed by atoms with Crippen LogP contribution in [0.2, 0.25) is 18.1 Å². The highest BCUT2D eigenvalue weighted by molar-refractivity contribution is 6.77. The van der Waals surface area contributed by atoms with Gasteiger partial charge in [-0.3, -0.25) is 0 Å². The molecule has 0 amide bonds. The summed E-state index contributed by atoms with van der Waals surface area (Å²) >= 11 is 0. The van der Waals surface area contributed by atoms with Crippen LogP contribution < -0.4 is 0 Å². The molecule has 16 heavy (non-hydrogen) atoms. The van der Waals surface area contributed by atoms with Gasteiger partial charge in [-0.1, -0.05) is 53.6 Å². The summed E-state index contributed by atoms with van der Waals surface area (Å²) in [6, 6.07) is 0. The van der Waals surface area contributed by atoms with Crippen LogP contribution in [0, 0.1) is 5.92 Å². The summed E-state index contributed by atoms with van der Waals surface area (Å²) in [5, 5.41) is 0.505. The van der Waals surface area contributed by atoms with Gasteiger partial charge in [-0.15, -0.1) is 0 Å². The first kappa shape index (κ1) is 14.2. The maximum atomic E-state index is 2.85. The highest BCUT2D eigenvalue weighted by Gasteiger charge is 2.41. The van der Waals surface area contributed by atoms with E-state index in [4.69, 9.17) is 0 Å². The SMILES string of the molecule is CCCC1CCN([Si](C)(C)C(C)(C)C)CC1. The molecule has 0 saturated carbocycles. The first-order chi connectivity index (χ1) is 7.29. The molecule has 0 radical (unpaired) electrons. The molecule has 1 fully saturated rings. The second-order valence-corrected chi connectivity index (χ2v) is 12.3. The maximum Gasteiger partial charge on any atom is 0.127 e. The predicted octanol–water partition coefficient (Wildman–Crippen LogP) is 4.50. The van der Waals surface area contributed by atoms with E-state index in [9.17, 15) is 0 Å². The van der Waals surface area contributed by atoms with Gasteiger partial charge in [0.2, 0.25) is 0 Å². The lowest BCUT2D eigenvalue weighted by Crippen LogP contribution is -2.57. The molecule has 0 unspecified atom stereocenters. The minimum absolute atomic E-state index is 0.505. The third-order valence-corrected chi connectivity index (χ3v) is 10.6. The van der Waals surface area contributed by atoms with Gasteiger partial charge in [-0.2, -0.15) is 0 Å². The lowest BCUT2D eigenvalue weighted by atomic mass is 9.94. The molecule has 0 aromatic rings. The van der Waals surface area contributed by atoms with Crippen LogP contribution in [0.1, 0.15) is 53.4 Å². The monoisotopic (exact) mass is 241 g/mol. The fraction of sp³-hybridized carbons (Fsp3) is 1.00. The Morgan fingerprint density at radius 1 is 1.12 bits per heavy atom. The Morgan fingerprint density at radius 2 is 1.62 bits per heavy atom. The van der Waals surface area contributed by atoms with E-state index in [1.54, 1.807) is 0 Å². The Kier molecular flexibility index (Phi) is 4.64. The zero-order valence-electron chi connectivity index (χ0n) is 12.3. The third kappa shape index (κ3) is 3.10. The van der Waals surface area contributed by atoms with Crippen LogP contribution in [0.4, 0.5) is 0 Å². The Morgan fingerprint density at radius 3 is 2.00 bits per heavy atom. The molecule has 1 heterocycles. The van der Waals surface area contributed by atoms with Crippen LogP contribution in [0.3, 0.4) is 0 Å². The number of rotatable bonds is 3. The Hall–Kier alpha value is 0.177. The average molecular weight is 241 g/mol. The highest BCUT2D eigenvalue weighted by Crippen LogP contribution is 2.40. The van der Waals surface area contributed by atoms with E-state index in [0.29, 0.717) is 5.04 Å². The molecule has 0 aliphatic carbocycles. The van der Waals surface area contributed by atoms with Crippen molar-refractivity contribution in [2.75, 3.05) is 13.1 Å². The first-order valence-electron chi connectivity index (χ1n) is 7.04. The quantitative estimate of drug-likeness (QED) is 0.657. The molecule has 0 N–H and O–H groups in total. The Bertz CT molecular complexity index is 209. The van der Waals surface area contributed by atoms with Gasteiger partial charge in [0, 0.05) is 0 Å². The third-order valence-electron chi connectivity index (χ3n) is 4.94. The van der Waals surface area contributed by atoms with Gasteiger partial charge >= 0.3 is 0 Å². The summed E-state index contributed by atoms with van der Waals surface area (Å²) in [6.07, 6.45) is 5.71. The van der Waals surface area contributed by atoms with Gasteiger partial charge in [0.25, 0.3) is 0 Å². The van der Waals surface area contributed by atoms with Crippen molar-refractivity contribution in [3.8, 4) is 0 Å². The summed E-state index contributed by atoms with van der Waals surface area (Å²) in [6.45, 7) is 17.4. The second kappa shape index (κ2) is 5.22. The van der Waals surface area contributed by atoms with E-state index in [-0.39, 0.29) is 0 Å². The minimum Gasteiger partial charge on any atom is -0.323 e. The van der Waals surface area contributed by atoms with Crippen molar-refractivity contribution < 1.29 is 0 Å². The van der Waals surface area contributed by atoms with E-state index < -0.39 is 8.24 Å². The molecule has 1 aliphatic rings. The second-order valence-electron chi connectivity index (χ2n) is 7.03. The fourth-order valence-corrected chi connectivity index (χ4v) is 4.99. The molecular formula is C14H31NSi. The molecule has 1 rings (SSSR count). The van der Waals surface area contributed by atoms with Crippen LogP contribution in [-0.2, 0) is 0 Å². The van der Waals surface area contributed by atoms with E-state index in [1.165, 1.54) is 38.8 Å². The molecule has 0 spiro atoms. The van der Waals surface area contributed by atoms with Crippen molar-refractivity contribution >= 4 is 8.24 Å². The van der Waals surface area contributed by atoms with E-state index >= 15 is 0 Å². The van der Waals surface area contributed by atoms with Crippen LogP contribution in [-0.4, -0.2) is 25.9 Å². The van der Waals surface area contributed by atoms with E-state index in [0.717, 1.165) is 5.92 Å². The van der Waals surface area contributed by atoms with Gasteiger partial charge in [0.15, 0.2) is 0 Å². The maximum absolute atomic E-state index is 2.85. The largest absolute Gasteiger partial charge is 0.323 e. The van der Waals surface area contributed by atoms with E-state index in [1.807, 2.05) is 0 Å². The molecule has 1 saturated heterocycles. The van der Waals surface area contributed by atoms with Crippen molar-refractivity contribution in [2.45, 2.75) is 71.5 Å². The lowest BCUT2D eigenvalue weighted by molar-refractivity contribution is 0.250.